The van der Waals surface area contributed by atoms with Gasteiger partial charge in [-0.05, 0) is 60.7 Å². The van der Waals surface area contributed by atoms with Gasteiger partial charge in [-0.2, -0.15) is 0 Å². The van der Waals surface area contributed by atoms with Gasteiger partial charge in [0.2, 0.25) is 5.91 Å². The Labute approximate surface area is 201 Å². The van der Waals surface area contributed by atoms with E-state index in [1.807, 2.05) is 65.2 Å². The van der Waals surface area contributed by atoms with E-state index in [2.05, 4.69) is 15.5 Å². The van der Waals surface area contributed by atoms with Crippen LogP contribution in [0.2, 0.25) is 0 Å². The number of nitrogens with zero attached hydrogens (tertiary/aromatic N) is 3. The van der Waals surface area contributed by atoms with Crippen LogP contribution in [0.4, 0.5) is 5.69 Å². The molecule has 0 spiro atoms. The fraction of sp³-hybridized carbons (Fsp3) is 0.160. The summed E-state index contributed by atoms with van der Waals surface area (Å²) in [4.78, 5) is 12.7. The molecule has 0 aliphatic heterocycles. The Morgan fingerprint density at radius 1 is 0.853 bits per heavy atom. The van der Waals surface area contributed by atoms with Gasteiger partial charge in [-0.25, -0.2) is 0 Å². The Balaban J connectivity index is 1.61. The molecule has 1 aromatic heterocycles. The molecule has 9 heteroatoms. The number of ether oxygens (including phenoxy) is 3. The highest BCUT2D eigenvalue weighted by molar-refractivity contribution is 7.99. The zero-order valence-corrected chi connectivity index (χ0v) is 19.8. The molecule has 8 nitrogen and oxygen atoms in total. The number of para-hydroxylation sites is 2. The number of nitrogens with one attached hydrogen (secondary N) is 1. The molecule has 0 unspecified atom stereocenters. The summed E-state index contributed by atoms with van der Waals surface area (Å²) >= 11 is 1.30. The Kier molecular flexibility index (Phi) is 7.34. The number of hydrogen-bond acceptors (Lipinski definition) is 7. The number of thioether (sulfide) groups is 1. The molecule has 0 fully saturated rings. The topological polar surface area (TPSA) is 87.5 Å². The van der Waals surface area contributed by atoms with E-state index in [0.29, 0.717) is 22.4 Å². The number of anilines is 1. The van der Waals surface area contributed by atoms with Crippen LogP contribution in [0.15, 0.2) is 78.0 Å². The number of carbonyl (C=O) groups is 1. The van der Waals surface area contributed by atoms with Gasteiger partial charge in [0.05, 0.1) is 32.8 Å². The first-order valence-corrected chi connectivity index (χ1v) is 11.4. The first-order chi connectivity index (χ1) is 16.6. The minimum atomic E-state index is -0.176. The van der Waals surface area contributed by atoms with Crippen LogP contribution in [0.5, 0.6) is 17.2 Å². The molecule has 0 bridgehead atoms. The highest BCUT2D eigenvalue weighted by Gasteiger charge is 2.18. The maximum Gasteiger partial charge on any atom is 0.234 e. The fourth-order valence-electron chi connectivity index (χ4n) is 3.32. The van der Waals surface area contributed by atoms with Crippen molar-refractivity contribution >= 4 is 23.4 Å². The quantitative estimate of drug-likeness (QED) is 0.351. The van der Waals surface area contributed by atoms with Crippen LogP contribution in [0.3, 0.4) is 0 Å². The maximum atomic E-state index is 12.7. The van der Waals surface area contributed by atoms with Crippen LogP contribution >= 0.6 is 11.8 Å². The molecular formula is C25H24N4O4S. The summed E-state index contributed by atoms with van der Waals surface area (Å²) in [6.07, 6.45) is 0. The molecule has 0 aliphatic rings. The lowest BCUT2D eigenvalue weighted by molar-refractivity contribution is -0.113. The second-order valence-electron chi connectivity index (χ2n) is 7.11. The summed E-state index contributed by atoms with van der Waals surface area (Å²) in [6, 6.07) is 22.5. The molecule has 3 aromatic carbocycles. The first-order valence-electron chi connectivity index (χ1n) is 10.4. The predicted octanol–water partition coefficient (Wildman–Crippen LogP) is 4.69. The van der Waals surface area contributed by atoms with Crippen molar-refractivity contribution in [2.75, 3.05) is 32.4 Å². The normalized spacial score (nSPS) is 10.6. The molecule has 4 rings (SSSR count). The number of aromatic nitrogens is 3. The molecule has 0 atom stereocenters. The van der Waals surface area contributed by atoms with E-state index >= 15 is 0 Å². The first kappa shape index (κ1) is 23.2. The van der Waals surface area contributed by atoms with Crippen molar-refractivity contribution in [3.63, 3.8) is 0 Å². The van der Waals surface area contributed by atoms with E-state index in [9.17, 15) is 4.79 Å². The average molecular weight is 477 g/mol. The number of hydrogen-bond donors (Lipinski definition) is 1. The number of amides is 1. The van der Waals surface area contributed by atoms with E-state index in [-0.39, 0.29) is 11.7 Å². The van der Waals surface area contributed by atoms with Crippen LogP contribution in [-0.4, -0.2) is 47.8 Å². The lowest BCUT2D eigenvalue weighted by Crippen LogP contribution is -2.15. The van der Waals surface area contributed by atoms with Gasteiger partial charge < -0.3 is 19.5 Å². The third kappa shape index (κ3) is 5.15. The molecule has 0 radical (unpaired) electrons. The summed E-state index contributed by atoms with van der Waals surface area (Å²) in [5, 5.41) is 12.3. The molecule has 0 saturated carbocycles. The highest BCUT2D eigenvalue weighted by atomic mass is 32.2. The van der Waals surface area contributed by atoms with Gasteiger partial charge in [0.15, 0.2) is 11.0 Å². The lowest BCUT2D eigenvalue weighted by Gasteiger charge is -2.12. The summed E-state index contributed by atoms with van der Waals surface area (Å²) in [5.74, 6) is 2.72. The summed E-state index contributed by atoms with van der Waals surface area (Å²) in [7, 11) is 4.82. The van der Waals surface area contributed by atoms with E-state index in [1.54, 1.807) is 33.5 Å². The van der Waals surface area contributed by atoms with Gasteiger partial charge in [-0.15, -0.1) is 10.2 Å². The Morgan fingerprint density at radius 3 is 2.15 bits per heavy atom. The number of rotatable bonds is 9. The lowest BCUT2D eigenvalue weighted by atomic mass is 10.2. The monoisotopic (exact) mass is 476 g/mol. The number of methoxy groups -OCH3 is 3. The minimum Gasteiger partial charge on any atom is -0.497 e. The van der Waals surface area contributed by atoms with Gasteiger partial charge in [0.25, 0.3) is 0 Å². The van der Waals surface area contributed by atoms with Gasteiger partial charge in [-0.1, -0.05) is 23.9 Å². The van der Waals surface area contributed by atoms with E-state index in [1.165, 1.54) is 11.8 Å². The average Bonchev–Trinajstić information content (AvgIpc) is 3.32. The maximum absolute atomic E-state index is 12.7. The van der Waals surface area contributed by atoms with Crippen LogP contribution < -0.4 is 19.5 Å². The zero-order valence-electron chi connectivity index (χ0n) is 19.0. The Hall–Kier alpha value is -3.98. The third-order valence-electron chi connectivity index (χ3n) is 5.03. The molecule has 34 heavy (non-hydrogen) atoms. The van der Waals surface area contributed by atoms with Crippen molar-refractivity contribution < 1.29 is 19.0 Å². The number of carbonyl (C=O) groups excluding carboxylic acids is 1. The van der Waals surface area contributed by atoms with Crippen LogP contribution in [0.25, 0.3) is 17.1 Å². The molecule has 174 valence electrons. The molecule has 1 amide bonds. The Bertz CT molecular complexity index is 1260. The Morgan fingerprint density at radius 2 is 1.50 bits per heavy atom. The van der Waals surface area contributed by atoms with Crippen LogP contribution in [-0.2, 0) is 4.79 Å². The largest absolute Gasteiger partial charge is 0.497 e. The standard InChI is InChI=1S/C25H24N4O4S/c1-31-19-12-8-17(9-13-19)24-27-28-25(29(24)18-10-14-20(32-2)15-11-18)34-16-23(30)26-21-6-4-5-7-22(21)33-3/h4-15H,16H2,1-3H3,(H,26,30). The van der Waals surface area contributed by atoms with Crippen LogP contribution in [0, 0.1) is 0 Å². The van der Waals surface area contributed by atoms with E-state index in [4.69, 9.17) is 14.2 Å². The van der Waals surface area contributed by atoms with Crippen molar-refractivity contribution in [1.82, 2.24) is 14.8 Å². The summed E-state index contributed by atoms with van der Waals surface area (Å²) < 4.78 is 17.8. The van der Waals surface area contributed by atoms with E-state index < -0.39 is 0 Å². The van der Waals surface area contributed by atoms with Crippen molar-refractivity contribution in [1.29, 1.82) is 0 Å². The molecule has 4 aromatic rings. The molecule has 1 N–H and O–H groups in total. The van der Waals surface area contributed by atoms with Crippen molar-refractivity contribution in [3.05, 3.63) is 72.8 Å². The smallest absolute Gasteiger partial charge is 0.234 e. The molecule has 0 saturated heterocycles. The second kappa shape index (κ2) is 10.8. The summed E-state index contributed by atoms with van der Waals surface area (Å²) in [6.45, 7) is 0. The fourth-order valence-corrected chi connectivity index (χ4v) is 4.07. The molecule has 1 heterocycles. The van der Waals surface area contributed by atoms with Gasteiger partial charge >= 0.3 is 0 Å². The second-order valence-corrected chi connectivity index (χ2v) is 8.05. The van der Waals surface area contributed by atoms with Gasteiger partial charge in [0, 0.05) is 11.3 Å². The molecule has 0 aliphatic carbocycles. The number of benzene rings is 3. The van der Waals surface area contributed by atoms with E-state index in [0.717, 1.165) is 22.7 Å². The van der Waals surface area contributed by atoms with Crippen molar-refractivity contribution in [2.24, 2.45) is 0 Å². The zero-order chi connectivity index (χ0) is 23.9. The third-order valence-corrected chi connectivity index (χ3v) is 5.95. The highest BCUT2D eigenvalue weighted by Crippen LogP contribution is 2.30. The van der Waals surface area contributed by atoms with Crippen molar-refractivity contribution in [2.45, 2.75) is 5.16 Å². The van der Waals surface area contributed by atoms with Crippen LogP contribution in [0.1, 0.15) is 0 Å². The minimum absolute atomic E-state index is 0.148. The SMILES string of the molecule is COc1ccc(-c2nnc(SCC(=O)Nc3ccccc3OC)n2-c2ccc(OC)cc2)cc1. The molecular weight excluding hydrogens is 452 g/mol. The van der Waals surface area contributed by atoms with Gasteiger partial charge in [-0.3, -0.25) is 9.36 Å². The van der Waals surface area contributed by atoms with Gasteiger partial charge in [0.1, 0.15) is 17.2 Å². The van der Waals surface area contributed by atoms with Crippen molar-refractivity contribution in [3.8, 4) is 34.3 Å². The summed E-state index contributed by atoms with van der Waals surface area (Å²) in [5.41, 5.74) is 2.34. The predicted molar refractivity (Wildman–Crippen MR) is 132 cm³/mol.